The number of nitrogens with zero attached hydrogens (tertiary/aromatic N) is 1. The SMILES string of the molecule is CC(c1cccc(Cl)c1)N(C)CCCc1ccccc1N. The first-order valence-corrected chi connectivity index (χ1v) is 7.75. The zero-order valence-corrected chi connectivity index (χ0v) is 13.5. The highest BCUT2D eigenvalue weighted by Crippen LogP contribution is 2.22. The van der Waals surface area contributed by atoms with E-state index in [1.54, 1.807) is 0 Å². The van der Waals surface area contributed by atoms with Gasteiger partial charge in [0.25, 0.3) is 0 Å². The molecule has 21 heavy (non-hydrogen) atoms. The van der Waals surface area contributed by atoms with Gasteiger partial charge in [-0.1, -0.05) is 41.9 Å². The molecule has 0 saturated carbocycles. The summed E-state index contributed by atoms with van der Waals surface area (Å²) in [4.78, 5) is 2.35. The number of anilines is 1. The van der Waals surface area contributed by atoms with Crippen LogP contribution in [0, 0.1) is 0 Å². The molecule has 0 aliphatic heterocycles. The molecule has 0 aliphatic carbocycles. The average molecular weight is 303 g/mol. The smallest absolute Gasteiger partial charge is 0.0409 e. The number of nitrogen functional groups attached to an aromatic ring is 1. The van der Waals surface area contributed by atoms with Crippen molar-refractivity contribution in [3.05, 3.63) is 64.7 Å². The third-order valence-electron chi connectivity index (χ3n) is 4.00. The summed E-state index contributed by atoms with van der Waals surface area (Å²) in [6.45, 7) is 3.24. The fourth-order valence-corrected chi connectivity index (χ4v) is 2.69. The number of hydrogen-bond donors (Lipinski definition) is 1. The minimum Gasteiger partial charge on any atom is -0.399 e. The van der Waals surface area contributed by atoms with Gasteiger partial charge in [0.2, 0.25) is 0 Å². The van der Waals surface area contributed by atoms with Gasteiger partial charge >= 0.3 is 0 Å². The summed E-state index contributed by atoms with van der Waals surface area (Å²) in [6, 6.07) is 16.5. The van der Waals surface area contributed by atoms with E-state index in [2.05, 4.69) is 31.0 Å². The predicted molar refractivity (Wildman–Crippen MR) is 91.7 cm³/mol. The molecule has 2 N–H and O–H groups in total. The lowest BCUT2D eigenvalue weighted by atomic mass is 10.1. The van der Waals surface area contributed by atoms with E-state index >= 15 is 0 Å². The fourth-order valence-electron chi connectivity index (χ4n) is 2.50. The minimum atomic E-state index is 0.358. The molecule has 2 aromatic carbocycles. The molecule has 0 heterocycles. The first kappa shape index (κ1) is 15.9. The largest absolute Gasteiger partial charge is 0.399 e. The van der Waals surface area contributed by atoms with Crippen LogP contribution in [0.2, 0.25) is 5.02 Å². The van der Waals surface area contributed by atoms with Crippen LogP contribution in [-0.2, 0) is 6.42 Å². The van der Waals surface area contributed by atoms with Crippen molar-refractivity contribution in [2.75, 3.05) is 19.3 Å². The van der Waals surface area contributed by atoms with Crippen LogP contribution in [0.3, 0.4) is 0 Å². The van der Waals surface area contributed by atoms with Crippen LogP contribution in [0.15, 0.2) is 48.5 Å². The Balaban J connectivity index is 1.87. The van der Waals surface area contributed by atoms with Crippen LogP contribution in [0.5, 0.6) is 0 Å². The lowest BCUT2D eigenvalue weighted by molar-refractivity contribution is 0.258. The molecule has 2 rings (SSSR count). The molecule has 0 amide bonds. The molecule has 0 radical (unpaired) electrons. The van der Waals surface area contributed by atoms with E-state index < -0.39 is 0 Å². The molecule has 0 spiro atoms. The van der Waals surface area contributed by atoms with Crippen LogP contribution in [0.4, 0.5) is 5.69 Å². The molecule has 0 aromatic heterocycles. The number of para-hydroxylation sites is 1. The molecule has 1 unspecified atom stereocenters. The van der Waals surface area contributed by atoms with Gasteiger partial charge in [-0.2, -0.15) is 0 Å². The van der Waals surface area contributed by atoms with E-state index in [1.165, 1.54) is 11.1 Å². The van der Waals surface area contributed by atoms with Crippen molar-refractivity contribution < 1.29 is 0 Å². The summed E-state index contributed by atoms with van der Waals surface area (Å²) in [7, 11) is 2.15. The molecular formula is C18H23ClN2. The average Bonchev–Trinajstić information content (AvgIpc) is 2.48. The molecule has 2 aromatic rings. The van der Waals surface area contributed by atoms with E-state index in [0.29, 0.717) is 6.04 Å². The second-order valence-electron chi connectivity index (χ2n) is 5.51. The van der Waals surface area contributed by atoms with Gasteiger partial charge in [-0.25, -0.2) is 0 Å². The second kappa shape index (κ2) is 7.48. The van der Waals surface area contributed by atoms with Crippen molar-refractivity contribution >= 4 is 17.3 Å². The van der Waals surface area contributed by atoms with Crippen LogP contribution >= 0.6 is 11.6 Å². The summed E-state index contributed by atoms with van der Waals surface area (Å²) in [5.41, 5.74) is 9.36. The van der Waals surface area contributed by atoms with Crippen molar-refractivity contribution in [2.24, 2.45) is 0 Å². The molecule has 1 atom stereocenters. The topological polar surface area (TPSA) is 29.3 Å². The standard InChI is InChI=1S/C18H23ClN2/c1-14(16-8-5-10-17(19)13-16)21(2)12-6-9-15-7-3-4-11-18(15)20/h3-5,7-8,10-11,13-14H,6,9,12,20H2,1-2H3. The van der Waals surface area contributed by atoms with Crippen molar-refractivity contribution in [3.63, 3.8) is 0 Å². The third-order valence-corrected chi connectivity index (χ3v) is 4.24. The summed E-state index contributed by atoms with van der Waals surface area (Å²) in [6.07, 6.45) is 2.11. The molecule has 0 saturated heterocycles. The summed E-state index contributed by atoms with van der Waals surface area (Å²) in [5, 5.41) is 0.796. The quantitative estimate of drug-likeness (QED) is 0.793. The molecule has 112 valence electrons. The maximum Gasteiger partial charge on any atom is 0.0409 e. The van der Waals surface area contributed by atoms with E-state index in [-0.39, 0.29) is 0 Å². The molecule has 3 heteroatoms. The highest BCUT2D eigenvalue weighted by atomic mass is 35.5. The highest BCUT2D eigenvalue weighted by molar-refractivity contribution is 6.30. The van der Waals surface area contributed by atoms with Crippen LogP contribution in [0.25, 0.3) is 0 Å². The van der Waals surface area contributed by atoms with Crippen LogP contribution in [-0.4, -0.2) is 18.5 Å². The zero-order chi connectivity index (χ0) is 15.2. The van der Waals surface area contributed by atoms with Crippen molar-refractivity contribution in [3.8, 4) is 0 Å². The predicted octanol–water partition coefficient (Wildman–Crippen LogP) is 4.55. The Labute approximate surface area is 132 Å². The van der Waals surface area contributed by atoms with E-state index in [9.17, 15) is 0 Å². The van der Waals surface area contributed by atoms with Gasteiger partial charge in [0, 0.05) is 16.8 Å². The van der Waals surface area contributed by atoms with Crippen molar-refractivity contribution in [1.29, 1.82) is 0 Å². The van der Waals surface area contributed by atoms with Crippen LogP contribution in [0.1, 0.15) is 30.5 Å². The number of rotatable bonds is 6. The van der Waals surface area contributed by atoms with E-state index in [4.69, 9.17) is 17.3 Å². The summed E-state index contributed by atoms with van der Waals surface area (Å²) >= 11 is 6.06. The Hall–Kier alpha value is -1.51. The number of hydrogen-bond acceptors (Lipinski definition) is 2. The van der Waals surface area contributed by atoms with E-state index in [1.807, 2.05) is 36.4 Å². The monoisotopic (exact) mass is 302 g/mol. The van der Waals surface area contributed by atoms with Crippen LogP contribution < -0.4 is 5.73 Å². The zero-order valence-electron chi connectivity index (χ0n) is 12.7. The molecule has 0 aliphatic rings. The van der Waals surface area contributed by atoms with Gasteiger partial charge in [-0.05, 0) is 62.7 Å². The number of nitrogens with two attached hydrogens (primary N) is 1. The molecule has 0 bridgehead atoms. The van der Waals surface area contributed by atoms with Gasteiger partial charge in [0.05, 0.1) is 0 Å². The molecule has 0 fully saturated rings. The first-order chi connectivity index (χ1) is 10.1. The van der Waals surface area contributed by atoms with E-state index in [0.717, 1.165) is 30.1 Å². The van der Waals surface area contributed by atoms with Crippen molar-refractivity contribution in [1.82, 2.24) is 4.90 Å². The molecule has 2 nitrogen and oxygen atoms in total. The number of benzene rings is 2. The Morgan fingerprint density at radius 2 is 1.90 bits per heavy atom. The normalized spacial score (nSPS) is 12.6. The van der Waals surface area contributed by atoms with Crippen molar-refractivity contribution in [2.45, 2.75) is 25.8 Å². The Bertz CT molecular complexity index is 583. The van der Waals surface area contributed by atoms with Gasteiger partial charge in [0.15, 0.2) is 0 Å². The highest BCUT2D eigenvalue weighted by Gasteiger charge is 2.11. The maximum absolute atomic E-state index is 6.06. The minimum absolute atomic E-state index is 0.358. The Morgan fingerprint density at radius 1 is 1.14 bits per heavy atom. The Morgan fingerprint density at radius 3 is 2.62 bits per heavy atom. The lowest BCUT2D eigenvalue weighted by Crippen LogP contribution is -2.24. The number of aryl methyl sites for hydroxylation is 1. The third kappa shape index (κ3) is 4.48. The van der Waals surface area contributed by atoms with Gasteiger partial charge in [0.1, 0.15) is 0 Å². The lowest BCUT2D eigenvalue weighted by Gasteiger charge is -2.25. The maximum atomic E-state index is 6.06. The fraction of sp³-hybridized carbons (Fsp3) is 0.333. The van der Waals surface area contributed by atoms with Gasteiger partial charge < -0.3 is 5.73 Å². The van der Waals surface area contributed by atoms with Gasteiger partial charge in [-0.15, -0.1) is 0 Å². The number of halogens is 1. The summed E-state index contributed by atoms with van der Waals surface area (Å²) < 4.78 is 0. The Kier molecular flexibility index (Phi) is 5.66. The summed E-state index contributed by atoms with van der Waals surface area (Å²) in [5.74, 6) is 0. The molecular weight excluding hydrogens is 280 g/mol. The first-order valence-electron chi connectivity index (χ1n) is 7.37. The second-order valence-corrected chi connectivity index (χ2v) is 5.95. The van der Waals surface area contributed by atoms with Gasteiger partial charge in [-0.3, -0.25) is 4.90 Å².